The number of benzene rings is 2. The molecule has 1 fully saturated rings. The number of nitrogens with one attached hydrogen (secondary N) is 1. The summed E-state index contributed by atoms with van der Waals surface area (Å²) >= 11 is 0. The molecule has 1 amide bonds. The van der Waals surface area contributed by atoms with Gasteiger partial charge in [-0.3, -0.25) is 4.79 Å². The van der Waals surface area contributed by atoms with Crippen LogP contribution >= 0.6 is 0 Å². The Hall–Kier alpha value is -2.27. The Morgan fingerprint density at radius 1 is 1.11 bits per heavy atom. The molecule has 0 aliphatic carbocycles. The Morgan fingerprint density at radius 3 is 2.48 bits per heavy atom. The molecule has 0 unspecified atom stereocenters. The van der Waals surface area contributed by atoms with Gasteiger partial charge in [0.25, 0.3) is 0 Å². The third kappa shape index (κ3) is 4.35. The van der Waals surface area contributed by atoms with Crippen molar-refractivity contribution in [1.82, 2.24) is 5.32 Å². The first-order chi connectivity index (χ1) is 12.9. The molecule has 1 heterocycles. The minimum atomic E-state index is -0.874. The highest BCUT2D eigenvalue weighted by Gasteiger charge is 2.40. The highest BCUT2D eigenvalue weighted by Crippen LogP contribution is 2.38. The number of halogens is 2. The normalized spacial score (nSPS) is 16.3. The van der Waals surface area contributed by atoms with Crippen LogP contribution in [0.25, 0.3) is 11.1 Å². The Kier molecular flexibility index (Phi) is 5.90. The van der Waals surface area contributed by atoms with E-state index in [0.717, 1.165) is 17.2 Å². The first-order valence-electron chi connectivity index (χ1n) is 9.33. The standard InChI is InChI=1S/C22H25F2NO2/c1-15(2)25-21(26)22(9-11-27-12-10-22)14-17-5-3-4-6-18(17)16-7-8-19(23)20(24)13-16/h3-8,13,15H,9-12,14H2,1-2H3,(H,25,26). The van der Waals surface area contributed by atoms with Crippen molar-refractivity contribution in [3.63, 3.8) is 0 Å². The molecule has 1 aliphatic rings. The van der Waals surface area contributed by atoms with Gasteiger partial charge >= 0.3 is 0 Å². The third-order valence-corrected chi connectivity index (χ3v) is 5.13. The summed E-state index contributed by atoms with van der Waals surface area (Å²) in [5.74, 6) is -1.71. The van der Waals surface area contributed by atoms with Crippen LogP contribution in [0.2, 0.25) is 0 Å². The first-order valence-corrected chi connectivity index (χ1v) is 9.33. The van der Waals surface area contributed by atoms with Gasteiger partial charge in [-0.1, -0.05) is 30.3 Å². The minimum Gasteiger partial charge on any atom is -0.381 e. The van der Waals surface area contributed by atoms with Gasteiger partial charge in [-0.05, 0) is 61.9 Å². The van der Waals surface area contributed by atoms with Crippen molar-refractivity contribution in [2.45, 2.75) is 39.2 Å². The summed E-state index contributed by atoms with van der Waals surface area (Å²) in [6.07, 6.45) is 1.80. The average molecular weight is 373 g/mol. The molecule has 3 nitrogen and oxygen atoms in total. The molecular formula is C22H25F2NO2. The fourth-order valence-corrected chi connectivity index (χ4v) is 3.65. The molecule has 1 aliphatic heterocycles. The van der Waals surface area contributed by atoms with E-state index in [0.29, 0.717) is 38.0 Å². The molecule has 0 spiro atoms. The van der Waals surface area contributed by atoms with Crippen molar-refractivity contribution in [2.24, 2.45) is 5.41 Å². The summed E-state index contributed by atoms with van der Waals surface area (Å²) in [5.41, 5.74) is 1.82. The van der Waals surface area contributed by atoms with Crippen molar-refractivity contribution in [3.8, 4) is 11.1 Å². The maximum Gasteiger partial charge on any atom is 0.226 e. The van der Waals surface area contributed by atoms with Gasteiger partial charge in [-0.25, -0.2) is 8.78 Å². The van der Waals surface area contributed by atoms with Crippen LogP contribution in [0.4, 0.5) is 8.78 Å². The lowest BCUT2D eigenvalue weighted by atomic mass is 9.73. The van der Waals surface area contributed by atoms with Gasteiger partial charge in [0.05, 0.1) is 5.41 Å². The van der Waals surface area contributed by atoms with Crippen LogP contribution in [-0.4, -0.2) is 25.2 Å². The predicted molar refractivity (Wildman–Crippen MR) is 101 cm³/mol. The van der Waals surface area contributed by atoms with Gasteiger partial charge < -0.3 is 10.1 Å². The largest absolute Gasteiger partial charge is 0.381 e. The summed E-state index contributed by atoms with van der Waals surface area (Å²) in [7, 11) is 0. The zero-order valence-corrected chi connectivity index (χ0v) is 15.7. The quantitative estimate of drug-likeness (QED) is 0.838. The number of carbonyl (C=O) groups excluding carboxylic acids is 1. The van der Waals surface area contributed by atoms with Gasteiger partial charge in [0, 0.05) is 19.3 Å². The van der Waals surface area contributed by atoms with Gasteiger partial charge in [0.15, 0.2) is 11.6 Å². The fraction of sp³-hybridized carbons (Fsp3) is 0.409. The molecule has 0 radical (unpaired) electrons. The van der Waals surface area contributed by atoms with Crippen molar-refractivity contribution in [3.05, 3.63) is 59.7 Å². The molecular weight excluding hydrogens is 348 g/mol. The monoisotopic (exact) mass is 373 g/mol. The molecule has 2 aromatic rings. The number of carbonyl (C=O) groups is 1. The maximum absolute atomic E-state index is 13.7. The minimum absolute atomic E-state index is 0.0286. The van der Waals surface area contributed by atoms with Crippen molar-refractivity contribution < 1.29 is 18.3 Å². The second kappa shape index (κ2) is 8.17. The Morgan fingerprint density at radius 2 is 1.81 bits per heavy atom. The number of hydrogen-bond donors (Lipinski definition) is 1. The lowest BCUT2D eigenvalue weighted by Gasteiger charge is -2.37. The zero-order valence-electron chi connectivity index (χ0n) is 15.7. The first kappa shape index (κ1) is 19.5. The maximum atomic E-state index is 13.7. The SMILES string of the molecule is CC(C)NC(=O)C1(Cc2ccccc2-c2ccc(F)c(F)c2)CCOCC1. The second-order valence-electron chi connectivity index (χ2n) is 7.48. The van der Waals surface area contributed by atoms with E-state index >= 15 is 0 Å². The van der Waals surface area contributed by atoms with E-state index in [-0.39, 0.29) is 11.9 Å². The van der Waals surface area contributed by atoms with Crippen LogP contribution in [0, 0.1) is 17.0 Å². The molecule has 2 aromatic carbocycles. The number of hydrogen-bond acceptors (Lipinski definition) is 2. The van der Waals surface area contributed by atoms with Crippen LogP contribution in [0.5, 0.6) is 0 Å². The molecule has 1 N–H and O–H groups in total. The van der Waals surface area contributed by atoms with Crippen molar-refractivity contribution in [1.29, 1.82) is 0 Å². The Labute approximate surface area is 158 Å². The van der Waals surface area contributed by atoms with Crippen LogP contribution in [0.1, 0.15) is 32.3 Å². The molecule has 3 rings (SSSR count). The number of ether oxygens (including phenoxy) is 1. The van der Waals surface area contributed by atoms with E-state index in [4.69, 9.17) is 4.74 Å². The van der Waals surface area contributed by atoms with Gasteiger partial charge in [-0.15, -0.1) is 0 Å². The van der Waals surface area contributed by atoms with E-state index < -0.39 is 17.0 Å². The Balaban J connectivity index is 1.97. The molecule has 0 saturated carbocycles. The molecule has 27 heavy (non-hydrogen) atoms. The van der Waals surface area contributed by atoms with Gasteiger partial charge in [0.1, 0.15) is 0 Å². The fourth-order valence-electron chi connectivity index (χ4n) is 3.65. The highest BCUT2D eigenvalue weighted by molar-refractivity contribution is 5.84. The molecule has 0 bridgehead atoms. The third-order valence-electron chi connectivity index (χ3n) is 5.13. The van der Waals surface area contributed by atoms with Crippen molar-refractivity contribution >= 4 is 5.91 Å². The van der Waals surface area contributed by atoms with E-state index in [1.165, 1.54) is 6.07 Å². The van der Waals surface area contributed by atoms with Crippen LogP contribution < -0.4 is 5.32 Å². The summed E-state index contributed by atoms with van der Waals surface area (Å²) in [4.78, 5) is 13.0. The average Bonchev–Trinajstić information content (AvgIpc) is 2.65. The summed E-state index contributed by atoms with van der Waals surface area (Å²) in [5, 5.41) is 3.05. The second-order valence-corrected chi connectivity index (χ2v) is 7.48. The molecule has 0 aromatic heterocycles. The van der Waals surface area contributed by atoms with Crippen LogP contribution in [0.3, 0.4) is 0 Å². The van der Waals surface area contributed by atoms with Crippen LogP contribution in [0.15, 0.2) is 42.5 Å². The summed E-state index contributed by atoms with van der Waals surface area (Å²) in [6.45, 7) is 4.97. The molecule has 5 heteroatoms. The molecule has 144 valence electrons. The molecule has 0 atom stereocenters. The number of amides is 1. The summed E-state index contributed by atoms with van der Waals surface area (Å²) in [6, 6.07) is 11.6. The van der Waals surface area contributed by atoms with Crippen LogP contribution in [-0.2, 0) is 16.0 Å². The summed E-state index contributed by atoms with van der Waals surface area (Å²) < 4.78 is 32.6. The topological polar surface area (TPSA) is 38.3 Å². The smallest absolute Gasteiger partial charge is 0.226 e. The lowest BCUT2D eigenvalue weighted by molar-refractivity contribution is -0.137. The zero-order chi connectivity index (χ0) is 19.4. The molecule has 1 saturated heterocycles. The van der Waals surface area contributed by atoms with E-state index in [1.54, 1.807) is 6.07 Å². The predicted octanol–water partition coefficient (Wildman–Crippen LogP) is 4.50. The highest BCUT2D eigenvalue weighted by atomic mass is 19.2. The van der Waals surface area contributed by atoms with E-state index in [1.807, 2.05) is 38.1 Å². The van der Waals surface area contributed by atoms with E-state index in [2.05, 4.69) is 5.32 Å². The Bertz CT molecular complexity index is 814. The van der Waals surface area contributed by atoms with E-state index in [9.17, 15) is 13.6 Å². The lowest BCUT2D eigenvalue weighted by Crippen LogP contribution is -2.48. The van der Waals surface area contributed by atoms with Gasteiger partial charge in [0.2, 0.25) is 5.91 Å². The van der Waals surface area contributed by atoms with Gasteiger partial charge in [-0.2, -0.15) is 0 Å². The van der Waals surface area contributed by atoms with Crippen molar-refractivity contribution in [2.75, 3.05) is 13.2 Å². The number of rotatable bonds is 5.